The number of anilines is 1. The van der Waals surface area contributed by atoms with Gasteiger partial charge in [-0.2, -0.15) is 0 Å². The van der Waals surface area contributed by atoms with Gasteiger partial charge in [0.2, 0.25) is 0 Å². The Labute approximate surface area is 124 Å². The van der Waals surface area contributed by atoms with E-state index in [9.17, 15) is 9.90 Å². The van der Waals surface area contributed by atoms with Crippen LogP contribution in [0.5, 0.6) is 0 Å². The van der Waals surface area contributed by atoms with Crippen LogP contribution in [0.2, 0.25) is 0 Å². The van der Waals surface area contributed by atoms with Crippen LogP contribution in [0.4, 0.5) is 5.69 Å². The lowest BCUT2D eigenvalue weighted by molar-refractivity contribution is -0.140. The van der Waals surface area contributed by atoms with Crippen LogP contribution >= 0.6 is 0 Å². The van der Waals surface area contributed by atoms with Crippen LogP contribution < -0.4 is 4.90 Å². The summed E-state index contributed by atoms with van der Waals surface area (Å²) in [5.41, 5.74) is 5.24. The minimum absolute atomic E-state index is 0.361. The van der Waals surface area contributed by atoms with E-state index in [1.54, 1.807) is 0 Å². The van der Waals surface area contributed by atoms with Gasteiger partial charge in [-0.3, -0.25) is 9.69 Å². The Hall–Kier alpha value is -1.81. The smallest absolute Gasteiger partial charge is 0.311 e. The third-order valence-corrected chi connectivity index (χ3v) is 5.29. The SMILES string of the molecule is CN1CC2C[C@@H]3C(=C[C@@H](C(=O)O)CN3C)c3cccc1c32. The molecule has 0 saturated heterocycles. The predicted molar refractivity (Wildman–Crippen MR) is 82.6 cm³/mol. The van der Waals surface area contributed by atoms with Crippen molar-refractivity contribution >= 4 is 17.2 Å². The Morgan fingerprint density at radius 1 is 1.29 bits per heavy atom. The lowest BCUT2D eigenvalue weighted by atomic mass is 9.74. The molecule has 1 aliphatic carbocycles. The standard InChI is InChI=1S/C17H20N2O2/c1-18-8-10-7-15-13(6-11(17(20)21)9-19(15)2)12-4-3-5-14(18)16(10)12/h3-6,10-11,15H,7-9H2,1-2H3,(H,20,21)/t10?,11-,15-/m1/s1. The molecule has 4 rings (SSSR count). The molecule has 0 radical (unpaired) electrons. The van der Waals surface area contributed by atoms with Crippen molar-refractivity contribution in [1.82, 2.24) is 4.90 Å². The van der Waals surface area contributed by atoms with Gasteiger partial charge in [0.1, 0.15) is 0 Å². The molecule has 4 heteroatoms. The molecule has 110 valence electrons. The maximum Gasteiger partial charge on any atom is 0.311 e. The van der Waals surface area contributed by atoms with E-state index in [2.05, 4.69) is 42.1 Å². The number of nitrogens with zero attached hydrogens (tertiary/aromatic N) is 2. The van der Waals surface area contributed by atoms with E-state index in [0.717, 1.165) is 13.0 Å². The van der Waals surface area contributed by atoms with Crippen molar-refractivity contribution in [2.45, 2.75) is 18.4 Å². The Balaban J connectivity index is 1.89. The average molecular weight is 284 g/mol. The molecule has 4 nitrogen and oxygen atoms in total. The van der Waals surface area contributed by atoms with Gasteiger partial charge in [-0.1, -0.05) is 18.2 Å². The van der Waals surface area contributed by atoms with E-state index in [0.29, 0.717) is 18.5 Å². The van der Waals surface area contributed by atoms with Crippen LogP contribution in [-0.4, -0.2) is 49.2 Å². The molecule has 3 aliphatic rings. The summed E-state index contributed by atoms with van der Waals surface area (Å²) in [5, 5.41) is 9.38. The Morgan fingerprint density at radius 2 is 2.10 bits per heavy atom. The van der Waals surface area contributed by atoms with Crippen LogP contribution in [-0.2, 0) is 4.79 Å². The molecule has 0 fully saturated rings. The fraction of sp³-hybridized carbons (Fsp3) is 0.471. The molecule has 21 heavy (non-hydrogen) atoms. The van der Waals surface area contributed by atoms with Gasteiger partial charge < -0.3 is 10.0 Å². The average Bonchev–Trinajstić information content (AvgIpc) is 2.78. The van der Waals surface area contributed by atoms with Crippen LogP contribution in [0.25, 0.3) is 5.57 Å². The summed E-state index contributed by atoms with van der Waals surface area (Å²) in [4.78, 5) is 16.0. The molecule has 1 aromatic carbocycles. The molecule has 1 N–H and O–H groups in total. The van der Waals surface area contributed by atoms with E-state index in [1.165, 1.54) is 22.4 Å². The van der Waals surface area contributed by atoms with Gasteiger partial charge in [0.15, 0.2) is 0 Å². The highest BCUT2D eigenvalue weighted by Gasteiger charge is 2.41. The van der Waals surface area contributed by atoms with Gasteiger partial charge in [-0.05, 0) is 36.2 Å². The summed E-state index contributed by atoms with van der Waals surface area (Å²) in [7, 11) is 4.21. The molecule has 1 unspecified atom stereocenters. The molecular formula is C17H20N2O2. The number of aliphatic carboxylic acids is 1. The predicted octanol–water partition coefficient (Wildman–Crippen LogP) is 2.02. The molecule has 0 saturated carbocycles. The first-order valence-corrected chi connectivity index (χ1v) is 7.55. The fourth-order valence-electron chi connectivity index (χ4n) is 4.33. The lowest BCUT2D eigenvalue weighted by Gasteiger charge is -2.41. The van der Waals surface area contributed by atoms with Crippen molar-refractivity contribution in [2.24, 2.45) is 5.92 Å². The van der Waals surface area contributed by atoms with E-state index in [1.807, 2.05) is 6.08 Å². The molecule has 0 aromatic heterocycles. The number of benzene rings is 1. The van der Waals surface area contributed by atoms with Gasteiger partial charge in [0.05, 0.1) is 5.92 Å². The van der Waals surface area contributed by atoms with Crippen molar-refractivity contribution in [3.8, 4) is 0 Å². The van der Waals surface area contributed by atoms with Crippen LogP contribution in [0.1, 0.15) is 23.5 Å². The highest BCUT2D eigenvalue weighted by Crippen LogP contribution is 2.49. The maximum atomic E-state index is 11.4. The topological polar surface area (TPSA) is 43.8 Å². The van der Waals surface area contributed by atoms with Crippen LogP contribution in [0, 0.1) is 5.92 Å². The van der Waals surface area contributed by atoms with Crippen molar-refractivity contribution in [2.75, 3.05) is 32.1 Å². The number of hydrogen-bond donors (Lipinski definition) is 1. The van der Waals surface area contributed by atoms with Crippen molar-refractivity contribution in [1.29, 1.82) is 0 Å². The minimum Gasteiger partial charge on any atom is -0.481 e. The first-order valence-electron chi connectivity index (χ1n) is 7.55. The molecule has 0 spiro atoms. The highest BCUT2D eigenvalue weighted by molar-refractivity contribution is 5.85. The minimum atomic E-state index is -0.723. The maximum absolute atomic E-state index is 11.4. The number of fused-ring (bicyclic) bond motifs is 2. The monoisotopic (exact) mass is 284 g/mol. The normalized spacial score (nSPS) is 30.7. The first-order chi connectivity index (χ1) is 10.1. The fourth-order valence-corrected chi connectivity index (χ4v) is 4.33. The second-order valence-electron chi connectivity index (χ2n) is 6.57. The zero-order valence-electron chi connectivity index (χ0n) is 12.4. The van der Waals surface area contributed by atoms with Crippen molar-refractivity contribution < 1.29 is 9.90 Å². The second kappa shape index (κ2) is 4.34. The number of rotatable bonds is 1. The van der Waals surface area contributed by atoms with Gasteiger partial charge in [0, 0.05) is 37.8 Å². The van der Waals surface area contributed by atoms with E-state index < -0.39 is 11.9 Å². The zero-order chi connectivity index (χ0) is 14.7. The van der Waals surface area contributed by atoms with Gasteiger partial charge in [0.25, 0.3) is 0 Å². The van der Waals surface area contributed by atoms with Gasteiger partial charge >= 0.3 is 5.97 Å². The quantitative estimate of drug-likeness (QED) is 0.857. The Morgan fingerprint density at radius 3 is 2.86 bits per heavy atom. The number of carboxylic acid groups (broad SMARTS) is 1. The number of carbonyl (C=O) groups is 1. The third kappa shape index (κ3) is 1.75. The molecule has 3 atom stereocenters. The summed E-state index contributed by atoms with van der Waals surface area (Å²) >= 11 is 0. The third-order valence-electron chi connectivity index (χ3n) is 5.29. The van der Waals surface area contributed by atoms with Crippen molar-refractivity contribution in [3.05, 3.63) is 35.4 Å². The summed E-state index contributed by atoms with van der Waals surface area (Å²) in [6.07, 6.45) is 3.10. The van der Waals surface area contributed by atoms with Crippen LogP contribution in [0.15, 0.2) is 24.3 Å². The van der Waals surface area contributed by atoms with Crippen LogP contribution in [0.3, 0.4) is 0 Å². The second-order valence-corrected chi connectivity index (χ2v) is 6.57. The van der Waals surface area contributed by atoms with Crippen molar-refractivity contribution in [3.63, 3.8) is 0 Å². The number of hydrogen-bond acceptors (Lipinski definition) is 3. The summed E-state index contributed by atoms with van der Waals surface area (Å²) < 4.78 is 0. The molecule has 0 bridgehead atoms. The molecule has 1 aromatic rings. The first kappa shape index (κ1) is 12.9. The number of carboxylic acids is 1. The molecule has 2 aliphatic heterocycles. The van der Waals surface area contributed by atoms with Gasteiger partial charge in [-0.25, -0.2) is 0 Å². The summed E-state index contributed by atoms with van der Waals surface area (Å²) in [6.45, 7) is 1.69. The summed E-state index contributed by atoms with van der Waals surface area (Å²) in [6, 6.07) is 6.81. The largest absolute Gasteiger partial charge is 0.481 e. The Kier molecular flexibility index (Phi) is 2.67. The zero-order valence-corrected chi connectivity index (χ0v) is 12.4. The van der Waals surface area contributed by atoms with Gasteiger partial charge in [-0.15, -0.1) is 0 Å². The molecule has 2 heterocycles. The van der Waals surface area contributed by atoms with E-state index in [4.69, 9.17) is 0 Å². The summed E-state index contributed by atoms with van der Waals surface area (Å²) in [5.74, 6) is -0.542. The van der Waals surface area contributed by atoms with E-state index in [-0.39, 0.29) is 0 Å². The number of likely N-dealkylation sites (N-methyl/N-ethyl adjacent to an activating group) is 2. The molecule has 0 amide bonds. The van der Waals surface area contributed by atoms with E-state index >= 15 is 0 Å². The Bertz CT molecular complexity index is 652. The highest BCUT2D eigenvalue weighted by atomic mass is 16.4. The molecular weight excluding hydrogens is 264 g/mol. The lowest BCUT2D eigenvalue weighted by Crippen LogP contribution is -2.44.